The van der Waals surface area contributed by atoms with E-state index in [-0.39, 0.29) is 0 Å². The van der Waals surface area contributed by atoms with Crippen molar-refractivity contribution in [2.24, 2.45) is 0 Å². The second-order valence-corrected chi connectivity index (χ2v) is 5.91. The van der Waals surface area contributed by atoms with Gasteiger partial charge in [0.25, 0.3) is 0 Å². The van der Waals surface area contributed by atoms with Crippen LogP contribution in [0.25, 0.3) is 0 Å². The Kier molecular flexibility index (Phi) is 4.16. The Bertz CT molecular complexity index is 417. The Balaban J connectivity index is 1.87. The summed E-state index contributed by atoms with van der Waals surface area (Å²) in [6.45, 7) is 5.40. The molecule has 1 N–H and O–H groups in total. The first kappa shape index (κ1) is 11.8. The molecule has 0 bridgehead atoms. The summed E-state index contributed by atoms with van der Waals surface area (Å²) in [6.07, 6.45) is 1.14. The molecule has 3 heteroatoms. The molecule has 0 aromatic carbocycles. The maximum atomic E-state index is 3.56. The van der Waals surface area contributed by atoms with E-state index in [1.165, 1.54) is 15.3 Å². The Hall–Kier alpha value is -0.640. The number of nitrogens with one attached hydrogen (secondary N) is 1. The minimum atomic E-state index is 0.443. The molecule has 0 saturated heterocycles. The average molecular weight is 251 g/mol. The van der Waals surface area contributed by atoms with Crippen LogP contribution in [0.1, 0.15) is 35.2 Å². The Morgan fingerprint density at radius 1 is 1.25 bits per heavy atom. The first-order valence-electron chi connectivity index (χ1n) is 5.62. The highest BCUT2D eigenvalue weighted by molar-refractivity contribution is 7.12. The van der Waals surface area contributed by atoms with Crippen LogP contribution in [-0.4, -0.2) is 0 Å². The lowest BCUT2D eigenvalue weighted by Crippen LogP contribution is -2.16. The number of hydrogen-bond donors (Lipinski definition) is 1. The van der Waals surface area contributed by atoms with Crippen LogP contribution >= 0.6 is 22.7 Å². The Labute approximate surface area is 105 Å². The standard InChI is InChI=1S/C13H17NS2/c1-3-12-4-5-13(16-12)8-14-10(2)11-6-7-15-9-11/h4-7,9-10,14H,3,8H2,1-2H3. The number of aryl methyl sites for hydroxylation is 1. The fourth-order valence-electron chi connectivity index (χ4n) is 1.60. The molecule has 16 heavy (non-hydrogen) atoms. The summed E-state index contributed by atoms with van der Waals surface area (Å²) in [7, 11) is 0. The maximum Gasteiger partial charge on any atom is 0.0305 e. The molecule has 0 aliphatic rings. The average Bonchev–Trinajstić information content (AvgIpc) is 2.96. The van der Waals surface area contributed by atoms with Crippen molar-refractivity contribution < 1.29 is 0 Å². The van der Waals surface area contributed by atoms with Crippen molar-refractivity contribution in [3.05, 3.63) is 44.3 Å². The summed E-state index contributed by atoms with van der Waals surface area (Å²) in [6, 6.07) is 7.10. The van der Waals surface area contributed by atoms with Crippen molar-refractivity contribution >= 4 is 22.7 Å². The van der Waals surface area contributed by atoms with E-state index in [9.17, 15) is 0 Å². The fourth-order valence-corrected chi connectivity index (χ4v) is 3.26. The summed E-state index contributed by atoms with van der Waals surface area (Å²) in [5.74, 6) is 0. The lowest BCUT2D eigenvalue weighted by molar-refractivity contribution is 0.580. The summed E-state index contributed by atoms with van der Waals surface area (Å²) >= 11 is 3.67. The van der Waals surface area contributed by atoms with Gasteiger partial charge in [-0.05, 0) is 47.9 Å². The quantitative estimate of drug-likeness (QED) is 0.839. The minimum Gasteiger partial charge on any atom is -0.305 e. The highest BCUT2D eigenvalue weighted by Gasteiger charge is 2.05. The van der Waals surface area contributed by atoms with Crippen LogP contribution in [-0.2, 0) is 13.0 Å². The highest BCUT2D eigenvalue weighted by atomic mass is 32.1. The van der Waals surface area contributed by atoms with Gasteiger partial charge in [-0.3, -0.25) is 0 Å². The van der Waals surface area contributed by atoms with E-state index in [1.54, 1.807) is 11.3 Å². The zero-order valence-corrected chi connectivity index (χ0v) is 11.3. The van der Waals surface area contributed by atoms with Crippen molar-refractivity contribution in [3.8, 4) is 0 Å². The van der Waals surface area contributed by atoms with E-state index in [4.69, 9.17) is 0 Å². The minimum absolute atomic E-state index is 0.443. The first-order valence-corrected chi connectivity index (χ1v) is 7.38. The third-order valence-corrected chi connectivity index (χ3v) is 4.62. The Morgan fingerprint density at radius 3 is 2.69 bits per heavy atom. The van der Waals surface area contributed by atoms with Gasteiger partial charge in [-0.1, -0.05) is 6.92 Å². The van der Waals surface area contributed by atoms with Gasteiger partial charge < -0.3 is 5.32 Å². The molecule has 0 aliphatic carbocycles. The van der Waals surface area contributed by atoms with Gasteiger partial charge in [-0.2, -0.15) is 11.3 Å². The van der Waals surface area contributed by atoms with Gasteiger partial charge in [0.1, 0.15) is 0 Å². The molecule has 2 aromatic rings. The lowest BCUT2D eigenvalue weighted by atomic mass is 10.2. The van der Waals surface area contributed by atoms with Crippen LogP contribution in [0.2, 0.25) is 0 Å². The van der Waals surface area contributed by atoms with Crippen LogP contribution in [0.15, 0.2) is 29.0 Å². The molecule has 2 heterocycles. The molecule has 1 nitrogen and oxygen atoms in total. The van der Waals surface area contributed by atoms with E-state index in [0.29, 0.717) is 6.04 Å². The molecule has 2 aromatic heterocycles. The smallest absolute Gasteiger partial charge is 0.0305 e. The van der Waals surface area contributed by atoms with Crippen LogP contribution in [0, 0.1) is 0 Å². The molecule has 0 aliphatic heterocycles. The first-order chi connectivity index (χ1) is 7.79. The van der Waals surface area contributed by atoms with Crippen molar-refractivity contribution in [1.82, 2.24) is 5.32 Å². The highest BCUT2D eigenvalue weighted by Crippen LogP contribution is 2.19. The van der Waals surface area contributed by atoms with Gasteiger partial charge in [0.2, 0.25) is 0 Å². The van der Waals surface area contributed by atoms with E-state index >= 15 is 0 Å². The summed E-state index contributed by atoms with van der Waals surface area (Å²) in [5.41, 5.74) is 1.39. The number of rotatable bonds is 5. The largest absolute Gasteiger partial charge is 0.305 e. The van der Waals surface area contributed by atoms with Crippen LogP contribution < -0.4 is 5.32 Å². The molecule has 1 atom stereocenters. The number of thiophene rings is 2. The monoisotopic (exact) mass is 251 g/mol. The summed E-state index contributed by atoms with van der Waals surface area (Å²) in [4.78, 5) is 2.90. The van der Waals surface area contributed by atoms with E-state index in [1.807, 2.05) is 11.3 Å². The third kappa shape index (κ3) is 2.94. The second kappa shape index (κ2) is 5.62. The predicted molar refractivity (Wildman–Crippen MR) is 73.3 cm³/mol. The van der Waals surface area contributed by atoms with Crippen molar-refractivity contribution in [3.63, 3.8) is 0 Å². The second-order valence-electron chi connectivity index (χ2n) is 3.88. The molecule has 0 amide bonds. The van der Waals surface area contributed by atoms with Gasteiger partial charge >= 0.3 is 0 Å². The zero-order chi connectivity index (χ0) is 11.4. The van der Waals surface area contributed by atoms with Gasteiger partial charge in [-0.25, -0.2) is 0 Å². The zero-order valence-electron chi connectivity index (χ0n) is 9.69. The van der Waals surface area contributed by atoms with E-state index < -0.39 is 0 Å². The molecule has 0 radical (unpaired) electrons. The van der Waals surface area contributed by atoms with Gasteiger partial charge in [0.15, 0.2) is 0 Å². The fraction of sp³-hybridized carbons (Fsp3) is 0.385. The van der Waals surface area contributed by atoms with Crippen molar-refractivity contribution in [1.29, 1.82) is 0 Å². The molecular formula is C13H17NS2. The molecule has 0 spiro atoms. The van der Waals surface area contributed by atoms with Gasteiger partial charge in [0.05, 0.1) is 0 Å². The van der Waals surface area contributed by atoms with Crippen molar-refractivity contribution in [2.45, 2.75) is 32.9 Å². The van der Waals surface area contributed by atoms with Crippen LogP contribution in [0.4, 0.5) is 0 Å². The SMILES string of the molecule is CCc1ccc(CNC(C)c2ccsc2)s1. The van der Waals surface area contributed by atoms with E-state index in [0.717, 1.165) is 13.0 Å². The summed E-state index contributed by atoms with van der Waals surface area (Å²) in [5, 5.41) is 7.90. The van der Waals surface area contributed by atoms with Gasteiger partial charge in [0, 0.05) is 22.3 Å². The molecule has 2 rings (SSSR count). The molecule has 0 fully saturated rings. The number of hydrogen-bond acceptors (Lipinski definition) is 3. The molecule has 1 unspecified atom stereocenters. The lowest BCUT2D eigenvalue weighted by Gasteiger charge is -2.11. The summed E-state index contributed by atoms with van der Waals surface area (Å²) < 4.78 is 0. The maximum absolute atomic E-state index is 3.56. The third-order valence-electron chi connectivity index (χ3n) is 2.69. The van der Waals surface area contributed by atoms with Crippen molar-refractivity contribution in [2.75, 3.05) is 0 Å². The van der Waals surface area contributed by atoms with Gasteiger partial charge in [-0.15, -0.1) is 11.3 Å². The predicted octanol–water partition coefficient (Wildman–Crippen LogP) is 4.22. The normalized spacial score (nSPS) is 12.9. The van der Waals surface area contributed by atoms with E-state index in [2.05, 4.69) is 48.1 Å². The topological polar surface area (TPSA) is 12.0 Å². The molecular weight excluding hydrogens is 234 g/mol. The van der Waals surface area contributed by atoms with Crippen LogP contribution in [0.3, 0.4) is 0 Å². The molecule has 0 saturated carbocycles. The van der Waals surface area contributed by atoms with Crippen LogP contribution in [0.5, 0.6) is 0 Å². The Morgan fingerprint density at radius 2 is 2.06 bits per heavy atom. The molecule has 86 valence electrons.